The lowest BCUT2D eigenvalue weighted by Gasteiger charge is -2.04. The zero-order valence-electron chi connectivity index (χ0n) is 10.8. The Balaban J connectivity index is 1.56. The summed E-state index contributed by atoms with van der Waals surface area (Å²) in [5.74, 6) is -0.358. The summed E-state index contributed by atoms with van der Waals surface area (Å²) in [6, 6.07) is 1.70. The van der Waals surface area contributed by atoms with Gasteiger partial charge in [-0.25, -0.2) is 4.98 Å². The van der Waals surface area contributed by atoms with Gasteiger partial charge in [-0.3, -0.25) is 19.5 Å². The topological polar surface area (TPSA) is 107 Å². The average Bonchev–Trinajstić information content (AvgIpc) is 3.16. The minimum absolute atomic E-state index is 0.127. The first kappa shape index (κ1) is 13.0. The second-order valence-corrected chi connectivity index (χ2v) is 6.18. The maximum atomic E-state index is 12.2. The smallest absolute Gasteiger partial charge is 0.262 e. The van der Waals surface area contributed by atoms with E-state index in [9.17, 15) is 9.59 Å². The molecule has 1 N–H and O–H groups in total. The van der Waals surface area contributed by atoms with Crippen molar-refractivity contribution >= 4 is 48.9 Å². The van der Waals surface area contributed by atoms with Gasteiger partial charge in [0.2, 0.25) is 16.0 Å². The minimum Gasteiger partial charge on any atom is -0.299 e. The summed E-state index contributed by atoms with van der Waals surface area (Å²) >= 11 is 2.58. The third-order valence-corrected chi connectivity index (χ3v) is 4.55. The molecule has 0 unspecified atom stereocenters. The maximum absolute atomic E-state index is 12.2. The molecular formula is C11H7N7O2S2. The molecule has 4 heterocycles. The number of thiophene rings is 1. The molecule has 4 rings (SSSR count). The van der Waals surface area contributed by atoms with Gasteiger partial charge in [0.15, 0.2) is 0 Å². The van der Waals surface area contributed by atoms with E-state index in [1.165, 1.54) is 44.4 Å². The van der Waals surface area contributed by atoms with Crippen LogP contribution in [0.4, 0.5) is 5.13 Å². The first-order valence-corrected chi connectivity index (χ1v) is 7.80. The van der Waals surface area contributed by atoms with E-state index in [2.05, 4.69) is 25.6 Å². The highest BCUT2D eigenvalue weighted by atomic mass is 32.1. The third-order valence-electron chi connectivity index (χ3n) is 2.90. The predicted molar refractivity (Wildman–Crippen MR) is 81.2 cm³/mol. The number of hydrogen-bond acceptors (Lipinski definition) is 8. The van der Waals surface area contributed by atoms with Crippen LogP contribution >= 0.6 is 22.7 Å². The van der Waals surface area contributed by atoms with Gasteiger partial charge >= 0.3 is 0 Å². The van der Waals surface area contributed by atoms with Crippen LogP contribution in [0.3, 0.4) is 0 Å². The molecule has 4 aromatic heterocycles. The molecule has 0 fully saturated rings. The Morgan fingerprint density at radius 3 is 3.14 bits per heavy atom. The molecule has 0 saturated carbocycles. The van der Waals surface area contributed by atoms with Crippen LogP contribution in [0.25, 0.3) is 15.2 Å². The molecule has 0 bridgehead atoms. The van der Waals surface area contributed by atoms with E-state index in [1.807, 2.05) is 0 Å². The fourth-order valence-electron chi connectivity index (χ4n) is 1.93. The Hall–Kier alpha value is -2.66. The molecule has 0 aliphatic heterocycles. The van der Waals surface area contributed by atoms with Crippen molar-refractivity contribution < 1.29 is 4.79 Å². The summed E-state index contributed by atoms with van der Waals surface area (Å²) in [5, 5.41) is 16.9. The van der Waals surface area contributed by atoms with E-state index in [4.69, 9.17) is 0 Å². The average molecular weight is 333 g/mol. The highest BCUT2D eigenvalue weighted by Crippen LogP contribution is 2.17. The molecule has 0 aromatic carbocycles. The van der Waals surface area contributed by atoms with Crippen LogP contribution in [0.2, 0.25) is 0 Å². The molecule has 11 heteroatoms. The maximum Gasteiger partial charge on any atom is 0.262 e. The van der Waals surface area contributed by atoms with Crippen molar-refractivity contribution in [2.45, 2.75) is 6.54 Å². The molecule has 0 radical (unpaired) electrons. The molecule has 9 nitrogen and oxygen atoms in total. The van der Waals surface area contributed by atoms with Crippen LogP contribution in [0.1, 0.15) is 0 Å². The van der Waals surface area contributed by atoms with Gasteiger partial charge in [-0.15, -0.1) is 26.6 Å². The van der Waals surface area contributed by atoms with Crippen molar-refractivity contribution in [1.82, 2.24) is 29.4 Å². The number of amides is 1. The number of nitrogens with zero attached hydrogens (tertiary/aromatic N) is 6. The molecule has 1 amide bonds. The SMILES string of the molecule is O=C(Cn1cnc2sccc2c1=O)Nc1nn2cnnc2s1. The molecule has 110 valence electrons. The van der Waals surface area contributed by atoms with Crippen molar-refractivity contribution in [3.63, 3.8) is 0 Å². The number of carbonyl (C=O) groups is 1. The van der Waals surface area contributed by atoms with Crippen LogP contribution in [-0.2, 0) is 11.3 Å². The summed E-state index contributed by atoms with van der Waals surface area (Å²) in [4.78, 5) is 29.6. The Bertz CT molecular complexity index is 1010. The quantitative estimate of drug-likeness (QED) is 0.588. The number of hydrogen-bond donors (Lipinski definition) is 1. The number of fused-ring (bicyclic) bond motifs is 2. The van der Waals surface area contributed by atoms with Crippen LogP contribution in [0.5, 0.6) is 0 Å². The van der Waals surface area contributed by atoms with Crippen LogP contribution in [0.15, 0.2) is 28.9 Å². The monoisotopic (exact) mass is 333 g/mol. The molecule has 0 saturated heterocycles. The van der Waals surface area contributed by atoms with Crippen molar-refractivity contribution in [2.24, 2.45) is 0 Å². The highest BCUT2D eigenvalue weighted by molar-refractivity contribution is 7.20. The highest BCUT2D eigenvalue weighted by Gasteiger charge is 2.12. The normalized spacial score (nSPS) is 11.3. The van der Waals surface area contributed by atoms with E-state index >= 15 is 0 Å². The van der Waals surface area contributed by atoms with Gasteiger partial charge in [0.1, 0.15) is 17.7 Å². The van der Waals surface area contributed by atoms with Gasteiger partial charge in [-0.05, 0) is 11.4 Å². The first-order chi connectivity index (χ1) is 10.7. The fourth-order valence-corrected chi connectivity index (χ4v) is 3.39. The molecule has 0 atom stereocenters. The van der Waals surface area contributed by atoms with Crippen molar-refractivity contribution in [2.75, 3.05) is 5.32 Å². The lowest BCUT2D eigenvalue weighted by molar-refractivity contribution is -0.116. The Morgan fingerprint density at radius 1 is 1.36 bits per heavy atom. The predicted octanol–water partition coefficient (Wildman–Crippen LogP) is 0.596. The van der Waals surface area contributed by atoms with Gasteiger partial charge < -0.3 is 0 Å². The fraction of sp³-hybridized carbons (Fsp3) is 0.0909. The van der Waals surface area contributed by atoms with E-state index in [1.54, 1.807) is 11.4 Å². The van der Waals surface area contributed by atoms with Gasteiger partial charge in [0.05, 0.1) is 11.7 Å². The largest absolute Gasteiger partial charge is 0.299 e. The van der Waals surface area contributed by atoms with Crippen molar-refractivity contribution in [1.29, 1.82) is 0 Å². The standard InChI is InChI=1S/C11H7N7O2S2/c19-7(14-10-16-18-5-13-15-11(18)22-10)3-17-4-12-8-6(9(17)20)1-2-21-8/h1-2,4-5H,3H2,(H,14,16,19). The van der Waals surface area contributed by atoms with Crippen molar-refractivity contribution in [3.05, 3.63) is 34.5 Å². The first-order valence-electron chi connectivity index (χ1n) is 6.10. The van der Waals surface area contributed by atoms with Gasteiger partial charge in [-0.2, -0.15) is 4.52 Å². The third kappa shape index (κ3) is 2.16. The van der Waals surface area contributed by atoms with Gasteiger partial charge in [0.25, 0.3) is 5.56 Å². The van der Waals surface area contributed by atoms with E-state index in [0.717, 1.165) is 0 Å². The zero-order chi connectivity index (χ0) is 15.1. The molecule has 4 aromatic rings. The van der Waals surface area contributed by atoms with Crippen molar-refractivity contribution in [3.8, 4) is 0 Å². The van der Waals surface area contributed by atoms with Gasteiger partial charge in [0, 0.05) is 0 Å². The summed E-state index contributed by atoms with van der Waals surface area (Å²) in [5.41, 5.74) is -0.237. The van der Waals surface area contributed by atoms with E-state index in [-0.39, 0.29) is 18.0 Å². The number of rotatable bonds is 3. The molecule has 0 aliphatic carbocycles. The summed E-state index contributed by atoms with van der Waals surface area (Å²) in [6.45, 7) is -0.127. The number of carbonyl (C=O) groups excluding carboxylic acids is 1. The Morgan fingerprint density at radius 2 is 2.27 bits per heavy atom. The van der Waals surface area contributed by atoms with Crippen LogP contribution in [-0.4, -0.2) is 35.3 Å². The molecule has 0 spiro atoms. The van der Waals surface area contributed by atoms with Crippen LogP contribution < -0.4 is 10.9 Å². The summed E-state index contributed by atoms with van der Waals surface area (Å²) < 4.78 is 2.73. The van der Waals surface area contributed by atoms with E-state index < -0.39 is 0 Å². The molecular weight excluding hydrogens is 326 g/mol. The Labute approximate surface area is 129 Å². The second kappa shape index (κ2) is 4.96. The summed E-state index contributed by atoms with van der Waals surface area (Å²) in [6.07, 6.45) is 2.82. The second-order valence-electron chi connectivity index (χ2n) is 4.33. The number of anilines is 1. The lowest BCUT2D eigenvalue weighted by Crippen LogP contribution is -2.27. The van der Waals surface area contributed by atoms with E-state index in [0.29, 0.717) is 20.3 Å². The van der Waals surface area contributed by atoms with Gasteiger partial charge in [-0.1, -0.05) is 11.3 Å². The minimum atomic E-state index is -0.358. The Kier molecular flexibility index (Phi) is 2.94. The molecule has 0 aliphatic rings. The molecule has 22 heavy (non-hydrogen) atoms. The van der Waals surface area contributed by atoms with Crippen LogP contribution in [0, 0.1) is 0 Å². The summed E-state index contributed by atoms with van der Waals surface area (Å²) in [7, 11) is 0. The lowest BCUT2D eigenvalue weighted by atomic mass is 10.4. The zero-order valence-corrected chi connectivity index (χ0v) is 12.5. The number of aromatic nitrogens is 6. The number of nitrogens with one attached hydrogen (secondary N) is 1.